The van der Waals surface area contributed by atoms with E-state index in [0.717, 1.165) is 5.75 Å². The van der Waals surface area contributed by atoms with Gasteiger partial charge in [-0.1, -0.05) is 54.6 Å². The largest absolute Gasteiger partial charge is 0.272 e. The van der Waals surface area contributed by atoms with Crippen LogP contribution in [0.5, 0.6) is 0 Å². The van der Waals surface area contributed by atoms with Crippen LogP contribution in [-0.2, 0) is 10.5 Å². The summed E-state index contributed by atoms with van der Waals surface area (Å²) in [5.41, 5.74) is 4.77. The number of thioether (sulfide) groups is 1. The van der Waals surface area contributed by atoms with E-state index in [1.54, 1.807) is 37.3 Å². The lowest BCUT2D eigenvalue weighted by Crippen LogP contribution is -2.20. The minimum atomic E-state index is -0.289. The molecule has 2 rings (SSSR count). The van der Waals surface area contributed by atoms with Crippen LogP contribution in [0.3, 0.4) is 0 Å². The number of nitrogens with one attached hydrogen (secondary N) is 1. The number of benzene rings is 2. The highest BCUT2D eigenvalue weighted by Crippen LogP contribution is 2.11. The van der Waals surface area contributed by atoms with Gasteiger partial charge in [0.05, 0.1) is 11.5 Å². The van der Waals surface area contributed by atoms with Crippen LogP contribution in [0.1, 0.15) is 18.1 Å². The zero-order valence-electron chi connectivity index (χ0n) is 13.4. The van der Waals surface area contributed by atoms with E-state index in [1.165, 1.54) is 23.4 Å². The van der Waals surface area contributed by atoms with Gasteiger partial charge in [-0.3, -0.25) is 4.79 Å². The number of amides is 1. The molecule has 1 N–H and O–H groups in total. The third-order valence-corrected chi connectivity index (χ3v) is 4.11. The van der Waals surface area contributed by atoms with Crippen LogP contribution in [-0.4, -0.2) is 17.4 Å². The molecule has 2 aromatic rings. The molecular weight excluding hydrogens is 323 g/mol. The van der Waals surface area contributed by atoms with Crippen molar-refractivity contribution < 1.29 is 9.18 Å². The van der Waals surface area contributed by atoms with Crippen molar-refractivity contribution in [3.63, 3.8) is 0 Å². The van der Waals surface area contributed by atoms with Gasteiger partial charge in [0.1, 0.15) is 5.82 Å². The molecule has 0 aliphatic rings. The van der Waals surface area contributed by atoms with Crippen molar-refractivity contribution in [3.8, 4) is 0 Å². The Labute approximate surface area is 145 Å². The van der Waals surface area contributed by atoms with E-state index >= 15 is 0 Å². The average molecular weight is 342 g/mol. The smallest absolute Gasteiger partial charge is 0.250 e. The summed E-state index contributed by atoms with van der Waals surface area (Å²) in [7, 11) is 0. The molecule has 124 valence electrons. The predicted octanol–water partition coefficient (Wildman–Crippen LogP) is 4.26. The highest BCUT2D eigenvalue weighted by Gasteiger charge is 2.01. The minimum Gasteiger partial charge on any atom is -0.272 e. The quantitative estimate of drug-likeness (QED) is 0.603. The SMILES string of the molecule is CC(/C=C\c1ccccc1F)=NNC(=O)CSCc1ccccc1. The standard InChI is InChI=1S/C19H19FN2OS/c1-15(11-12-17-9-5-6-10-18(17)20)21-22-19(23)14-24-13-16-7-3-2-4-8-16/h2-12H,13-14H2,1H3,(H,22,23)/b12-11-,21-15?. The van der Waals surface area contributed by atoms with Gasteiger partial charge in [-0.25, -0.2) is 9.82 Å². The van der Waals surface area contributed by atoms with E-state index in [9.17, 15) is 9.18 Å². The molecule has 0 aliphatic carbocycles. The van der Waals surface area contributed by atoms with Crippen molar-refractivity contribution in [1.29, 1.82) is 0 Å². The summed E-state index contributed by atoms with van der Waals surface area (Å²) in [6.45, 7) is 1.74. The van der Waals surface area contributed by atoms with Crippen molar-refractivity contribution in [3.05, 3.63) is 77.6 Å². The van der Waals surface area contributed by atoms with Crippen LogP contribution in [0.2, 0.25) is 0 Å². The Kier molecular flexibility index (Phi) is 7.23. The number of nitrogens with zero attached hydrogens (tertiary/aromatic N) is 1. The molecule has 3 nitrogen and oxygen atoms in total. The number of carbonyl (C=O) groups excluding carboxylic acids is 1. The lowest BCUT2D eigenvalue weighted by molar-refractivity contribution is -0.118. The minimum absolute atomic E-state index is 0.158. The second kappa shape index (κ2) is 9.67. The molecule has 0 atom stereocenters. The summed E-state index contributed by atoms with van der Waals surface area (Å²) in [6.07, 6.45) is 3.29. The summed E-state index contributed by atoms with van der Waals surface area (Å²) in [4.78, 5) is 11.7. The lowest BCUT2D eigenvalue weighted by Gasteiger charge is -2.02. The van der Waals surface area contributed by atoms with Gasteiger partial charge >= 0.3 is 0 Å². The summed E-state index contributed by atoms with van der Waals surface area (Å²) >= 11 is 1.53. The molecule has 0 aromatic heterocycles. The van der Waals surface area contributed by atoms with Crippen LogP contribution in [0.4, 0.5) is 4.39 Å². The predicted molar refractivity (Wildman–Crippen MR) is 99.3 cm³/mol. The van der Waals surface area contributed by atoms with Crippen LogP contribution in [0, 0.1) is 5.82 Å². The van der Waals surface area contributed by atoms with Gasteiger partial charge in [-0.2, -0.15) is 5.10 Å². The van der Waals surface area contributed by atoms with Crippen molar-refractivity contribution in [1.82, 2.24) is 5.43 Å². The normalized spacial score (nSPS) is 11.7. The van der Waals surface area contributed by atoms with E-state index in [4.69, 9.17) is 0 Å². The molecule has 0 saturated heterocycles. The first kappa shape index (κ1) is 17.9. The molecular formula is C19H19FN2OS. The van der Waals surface area contributed by atoms with E-state index in [1.807, 2.05) is 30.3 Å². The third-order valence-electron chi connectivity index (χ3n) is 3.11. The number of hydrogen-bond donors (Lipinski definition) is 1. The second-order valence-electron chi connectivity index (χ2n) is 5.12. The molecule has 0 aliphatic heterocycles. The summed E-state index contributed by atoms with van der Waals surface area (Å²) in [5.74, 6) is 0.671. The zero-order valence-corrected chi connectivity index (χ0v) is 14.2. The maximum Gasteiger partial charge on any atom is 0.250 e. The van der Waals surface area contributed by atoms with Crippen LogP contribution >= 0.6 is 11.8 Å². The molecule has 0 heterocycles. The van der Waals surface area contributed by atoms with Crippen LogP contribution in [0.25, 0.3) is 6.08 Å². The van der Waals surface area contributed by atoms with Gasteiger partial charge < -0.3 is 0 Å². The van der Waals surface area contributed by atoms with Crippen molar-refractivity contribution >= 4 is 29.5 Å². The summed E-state index contributed by atoms with van der Waals surface area (Å²) in [6, 6.07) is 16.5. The maximum atomic E-state index is 13.5. The molecule has 24 heavy (non-hydrogen) atoms. The summed E-state index contributed by atoms with van der Waals surface area (Å²) in [5, 5.41) is 3.99. The second-order valence-corrected chi connectivity index (χ2v) is 6.11. The highest BCUT2D eigenvalue weighted by molar-refractivity contribution is 7.99. The maximum absolute atomic E-state index is 13.5. The molecule has 5 heteroatoms. The number of hydrazone groups is 1. The molecule has 0 saturated carbocycles. The Morgan fingerprint density at radius 2 is 1.88 bits per heavy atom. The fraction of sp³-hybridized carbons (Fsp3) is 0.158. The van der Waals surface area contributed by atoms with Crippen LogP contribution < -0.4 is 5.43 Å². The number of rotatable bonds is 7. The van der Waals surface area contributed by atoms with Gasteiger partial charge in [0.15, 0.2) is 0 Å². The molecule has 0 fully saturated rings. The van der Waals surface area contributed by atoms with Gasteiger partial charge in [0, 0.05) is 11.3 Å². The van der Waals surface area contributed by atoms with Gasteiger partial charge in [-0.15, -0.1) is 11.8 Å². The van der Waals surface area contributed by atoms with Gasteiger partial charge in [0.2, 0.25) is 5.91 Å². The van der Waals surface area contributed by atoms with E-state index < -0.39 is 0 Å². The number of carbonyl (C=O) groups is 1. The zero-order chi connectivity index (χ0) is 17.2. The third kappa shape index (κ3) is 6.38. The number of halogens is 1. The first-order chi connectivity index (χ1) is 11.6. The molecule has 0 bridgehead atoms. The Morgan fingerprint density at radius 3 is 2.62 bits per heavy atom. The fourth-order valence-corrected chi connectivity index (χ4v) is 2.66. The number of allylic oxidation sites excluding steroid dienone is 1. The topological polar surface area (TPSA) is 41.5 Å². The van der Waals surface area contributed by atoms with Crippen molar-refractivity contribution in [2.75, 3.05) is 5.75 Å². The van der Waals surface area contributed by atoms with E-state index in [2.05, 4.69) is 10.5 Å². The molecule has 0 spiro atoms. The molecule has 0 unspecified atom stereocenters. The fourth-order valence-electron chi connectivity index (χ4n) is 1.88. The summed E-state index contributed by atoms with van der Waals surface area (Å²) < 4.78 is 13.5. The van der Waals surface area contributed by atoms with Gasteiger partial charge in [-0.05, 0) is 24.6 Å². The first-order valence-electron chi connectivity index (χ1n) is 7.52. The van der Waals surface area contributed by atoms with E-state index in [0.29, 0.717) is 17.0 Å². The van der Waals surface area contributed by atoms with Crippen molar-refractivity contribution in [2.45, 2.75) is 12.7 Å². The van der Waals surface area contributed by atoms with E-state index in [-0.39, 0.29) is 11.7 Å². The first-order valence-corrected chi connectivity index (χ1v) is 8.68. The monoisotopic (exact) mass is 342 g/mol. The Balaban J connectivity index is 1.75. The molecule has 2 aromatic carbocycles. The Hall–Kier alpha value is -2.40. The molecule has 1 amide bonds. The average Bonchev–Trinajstić information content (AvgIpc) is 2.60. The molecule has 0 radical (unpaired) electrons. The lowest BCUT2D eigenvalue weighted by atomic mass is 10.2. The number of hydrogen-bond acceptors (Lipinski definition) is 3. The Bertz CT molecular complexity index is 729. The van der Waals surface area contributed by atoms with Crippen LogP contribution in [0.15, 0.2) is 65.8 Å². The van der Waals surface area contributed by atoms with Gasteiger partial charge in [0.25, 0.3) is 0 Å². The van der Waals surface area contributed by atoms with Crippen molar-refractivity contribution in [2.24, 2.45) is 5.10 Å². The Morgan fingerprint density at radius 1 is 1.17 bits per heavy atom. The highest BCUT2D eigenvalue weighted by atomic mass is 32.2.